The van der Waals surface area contributed by atoms with Crippen molar-refractivity contribution >= 4 is 11.8 Å². The van der Waals surface area contributed by atoms with E-state index in [-0.39, 0.29) is 0 Å². The van der Waals surface area contributed by atoms with E-state index < -0.39 is 0 Å². The van der Waals surface area contributed by atoms with Gasteiger partial charge < -0.3 is 5.32 Å². The van der Waals surface area contributed by atoms with Gasteiger partial charge in [0.25, 0.3) is 0 Å². The third kappa shape index (κ3) is 2.78. The van der Waals surface area contributed by atoms with Gasteiger partial charge in [0.2, 0.25) is 0 Å². The molecule has 0 bridgehead atoms. The highest BCUT2D eigenvalue weighted by Crippen LogP contribution is 2.43. The lowest BCUT2D eigenvalue weighted by molar-refractivity contribution is 0.172. The van der Waals surface area contributed by atoms with Crippen molar-refractivity contribution < 1.29 is 0 Å². The highest BCUT2D eigenvalue weighted by atomic mass is 32.2. The van der Waals surface area contributed by atoms with Crippen molar-refractivity contribution in [1.29, 1.82) is 0 Å². The lowest BCUT2D eigenvalue weighted by atomic mass is 9.72. The maximum absolute atomic E-state index is 3.66. The number of fused-ring (bicyclic) bond motifs is 1. The minimum atomic E-state index is 0.669. The molecule has 5 unspecified atom stereocenters. The van der Waals surface area contributed by atoms with Gasteiger partial charge in [0, 0.05) is 16.2 Å². The van der Waals surface area contributed by atoms with Gasteiger partial charge >= 0.3 is 0 Å². The van der Waals surface area contributed by atoms with Crippen LogP contribution in [-0.4, -0.2) is 18.3 Å². The van der Waals surface area contributed by atoms with Crippen LogP contribution in [0.4, 0.5) is 0 Å². The van der Waals surface area contributed by atoms with Gasteiger partial charge in [-0.15, -0.1) is 11.8 Å². The Balaban J connectivity index is 1.69. The average molecular weight is 289 g/mol. The maximum atomic E-state index is 3.66. The van der Waals surface area contributed by atoms with Crippen LogP contribution in [0.3, 0.4) is 0 Å². The third-order valence-electron chi connectivity index (χ3n) is 5.55. The van der Waals surface area contributed by atoms with Crippen molar-refractivity contribution in [3.8, 4) is 0 Å². The Morgan fingerprint density at radius 3 is 2.65 bits per heavy atom. The first-order valence-electron chi connectivity index (χ1n) is 8.11. The fraction of sp³-hybridized carbons (Fsp3) is 0.667. The molecular formula is C18H27NS. The maximum Gasteiger partial charge on any atom is 0.0291 e. The summed E-state index contributed by atoms with van der Waals surface area (Å²) in [5, 5.41) is 4.39. The van der Waals surface area contributed by atoms with E-state index in [0.29, 0.717) is 6.04 Å². The number of nitrogens with one attached hydrogen (secondary N) is 1. The number of benzene rings is 1. The van der Waals surface area contributed by atoms with Crippen LogP contribution in [0.2, 0.25) is 0 Å². The molecule has 1 aliphatic carbocycles. The molecule has 110 valence electrons. The first kappa shape index (κ1) is 14.5. The topological polar surface area (TPSA) is 12.0 Å². The van der Waals surface area contributed by atoms with Crippen LogP contribution in [0, 0.1) is 17.8 Å². The van der Waals surface area contributed by atoms with E-state index in [1.807, 2.05) is 0 Å². The molecule has 0 spiro atoms. The Kier molecular flexibility index (Phi) is 4.42. The summed E-state index contributed by atoms with van der Waals surface area (Å²) in [6.07, 6.45) is 5.46. The van der Waals surface area contributed by atoms with Gasteiger partial charge in [-0.1, -0.05) is 38.5 Å². The Morgan fingerprint density at radius 1 is 1.15 bits per heavy atom. The Labute approximate surface area is 127 Å². The van der Waals surface area contributed by atoms with Crippen LogP contribution < -0.4 is 5.32 Å². The molecule has 2 heteroatoms. The van der Waals surface area contributed by atoms with Gasteiger partial charge in [-0.05, 0) is 55.7 Å². The van der Waals surface area contributed by atoms with Crippen molar-refractivity contribution in [2.75, 3.05) is 7.05 Å². The van der Waals surface area contributed by atoms with Crippen LogP contribution in [0.25, 0.3) is 0 Å². The SMILES string of the molecule is CNC(C1CCC(C)C(C)C1)C1Cc2ccccc2S1. The molecule has 1 heterocycles. The summed E-state index contributed by atoms with van der Waals surface area (Å²) in [4.78, 5) is 1.51. The number of hydrogen-bond donors (Lipinski definition) is 1. The second kappa shape index (κ2) is 6.11. The van der Waals surface area contributed by atoms with Crippen molar-refractivity contribution in [2.45, 2.75) is 55.7 Å². The second-order valence-electron chi connectivity index (χ2n) is 6.81. The normalized spacial score (nSPS) is 34.8. The van der Waals surface area contributed by atoms with E-state index >= 15 is 0 Å². The van der Waals surface area contributed by atoms with Gasteiger partial charge in [-0.3, -0.25) is 0 Å². The molecule has 1 saturated carbocycles. The second-order valence-corrected chi connectivity index (χ2v) is 8.09. The van der Waals surface area contributed by atoms with Crippen molar-refractivity contribution in [1.82, 2.24) is 5.32 Å². The fourth-order valence-corrected chi connectivity index (χ4v) is 5.60. The zero-order chi connectivity index (χ0) is 14.1. The molecular weight excluding hydrogens is 262 g/mol. The fourth-order valence-electron chi connectivity index (χ4n) is 4.05. The third-order valence-corrected chi connectivity index (χ3v) is 6.97. The summed E-state index contributed by atoms with van der Waals surface area (Å²) in [6.45, 7) is 4.87. The first-order chi connectivity index (χ1) is 9.69. The zero-order valence-electron chi connectivity index (χ0n) is 12.9. The molecule has 1 fully saturated rings. The predicted molar refractivity (Wildman–Crippen MR) is 88.3 cm³/mol. The molecule has 1 nitrogen and oxygen atoms in total. The molecule has 1 aliphatic heterocycles. The van der Waals surface area contributed by atoms with E-state index in [1.54, 1.807) is 5.56 Å². The predicted octanol–water partition coefficient (Wildman–Crippen LogP) is 4.36. The summed E-state index contributed by atoms with van der Waals surface area (Å²) < 4.78 is 0. The number of rotatable bonds is 3. The standard InChI is InChI=1S/C18H27NS/c1-12-8-9-15(10-13(12)2)18(19-3)17-11-14-6-4-5-7-16(14)20-17/h4-7,12-13,15,17-19H,8-11H2,1-3H3. The van der Waals surface area contributed by atoms with Gasteiger partial charge in [-0.2, -0.15) is 0 Å². The summed E-state index contributed by atoms with van der Waals surface area (Å²) in [5.74, 6) is 2.66. The van der Waals surface area contributed by atoms with Gasteiger partial charge in [-0.25, -0.2) is 0 Å². The lowest BCUT2D eigenvalue weighted by Crippen LogP contribution is -2.44. The molecule has 5 atom stereocenters. The first-order valence-corrected chi connectivity index (χ1v) is 8.99. The van der Waals surface area contributed by atoms with Crippen molar-refractivity contribution in [2.24, 2.45) is 17.8 Å². The smallest absolute Gasteiger partial charge is 0.0291 e. The summed E-state index contributed by atoms with van der Waals surface area (Å²) in [5.41, 5.74) is 1.56. The van der Waals surface area contributed by atoms with Crippen molar-refractivity contribution in [3.63, 3.8) is 0 Å². The van der Waals surface area contributed by atoms with Crippen LogP contribution in [0.1, 0.15) is 38.7 Å². The highest BCUT2D eigenvalue weighted by Gasteiger charge is 2.36. The van der Waals surface area contributed by atoms with E-state index in [9.17, 15) is 0 Å². The molecule has 1 N–H and O–H groups in total. The minimum absolute atomic E-state index is 0.669. The molecule has 20 heavy (non-hydrogen) atoms. The number of thioether (sulfide) groups is 1. The van der Waals surface area contributed by atoms with E-state index in [2.05, 4.69) is 62.2 Å². The molecule has 0 radical (unpaired) electrons. The zero-order valence-corrected chi connectivity index (χ0v) is 13.7. The van der Waals surface area contributed by atoms with Gasteiger partial charge in [0.05, 0.1) is 0 Å². The number of hydrogen-bond acceptors (Lipinski definition) is 2. The Morgan fingerprint density at radius 2 is 1.95 bits per heavy atom. The summed E-state index contributed by atoms with van der Waals surface area (Å²) in [7, 11) is 2.16. The Hall–Kier alpha value is -0.470. The largest absolute Gasteiger partial charge is 0.316 e. The molecule has 2 aliphatic rings. The summed E-state index contributed by atoms with van der Waals surface area (Å²) in [6, 6.07) is 9.62. The highest BCUT2D eigenvalue weighted by molar-refractivity contribution is 8.00. The molecule has 0 aromatic heterocycles. The van der Waals surface area contributed by atoms with Gasteiger partial charge in [0.15, 0.2) is 0 Å². The lowest BCUT2D eigenvalue weighted by Gasteiger charge is -2.38. The van der Waals surface area contributed by atoms with Crippen LogP contribution in [0.5, 0.6) is 0 Å². The van der Waals surface area contributed by atoms with E-state index in [1.165, 1.54) is 30.6 Å². The monoisotopic (exact) mass is 289 g/mol. The van der Waals surface area contributed by atoms with Crippen molar-refractivity contribution in [3.05, 3.63) is 29.8 Å². The molecule has 3 rings (SSSR count). The van der Waals surface area contributed by atoms with E-state index in [4.69, 9.17) is 0 Å². The molecule has 0 saturated heterocycles. The Bertz CT molecular complexity index is 433. The molecule has 1 aromatic carbocycles. The van der Waals surface area contributed by atoms with Crippen LogP contribution in [-0.2, 0) is 6.42 Å². The molecule has 1 aromatic rings. The van der Waals surface area contributed by atoms with Crippen LogP contribution in [0.15, 0.2) is 29.2 Å². The minimum Gasteiger partial charge on any atom is -0.316 e. The average Bonchev–Trinajstić information content (AvgIpc) is 2.87. The quantitative estimate of drug-likeness (QED) is 0.887. The van der Waals surface area contributed by atoms with Crippen LogP contribution >= 0.6 is 11.8 Å². The molecule has 0 amide bonds. The van der Waals surface area contributed by atoms with Gasteiger partial charge in [0.1, 0.15) is 0 Å². The summed E-state index contributed by atoms with van der Waals surface area (Å²) >= 11 is 2.10. The van der Waals surface area contributed by atoms with E-state index in [0.717, 1.165) is 23.0 Å².